The van der Waals surface area contributed by atoms with Crippen LogP contribution in [0.1, 0.15) is 41.4 Å². The van der Waals surface area contributed by atoms with Crippen molar-refractivity contribution in [3.05, 3.63) is 81.4 Å². The molecule has 192 valence electrons. The van der Waals surface area contributed by atoms with Gasteiger partial charge in [0.05, 0.1) is 12.6 Å². The second kappa shape index (κ2) is 10.1. The third kappa shape index (κ3) is 4.76. The van der Waals surface area contributed by atoms with Gasteiger partial charge in [-0.25, -0.2) is 4.68 Å². The fourth-order valence-corrected chi connectivity index (χ4v) is 5.79. The van der Waals surface area contributed by atoms with Crippen molar-refractivity contribution in [3.8, 4) is 0 Å². The first kappa shape index (κ1) is 23.8. The molecule has 2 aromatic carbocycles. The Hall–Kier alpha value is -3.56. The topological polar surface area (TPSA) is 92.2 Å². The van der Waals surface area contributed by atoms with Crippen LogP contribution in [0.25, 0.3) is 10.9 Å². The minimum Gasteiger partial charge on any atom is -0.376 e. The van der Waals surface area contributed by atoms with Crippen LogP contribution in [0.2, 0.25) is 0 Å². The van der Waals surface area contributed by atoms with Crippen molar-refractivity contribution in [1.29, 1.82) is 0 Å². The number of rotatable bonds is 6. The molecule has 2 aliphatic heterocycles. The molecule has 2 fully saturated rings. The van der Waals surface area contributed by atoms with Crippen molar-refractivity contribution in [2.75, 3.05) is 37.7 Å². The number of para-hydroxylation sites is 1. The van der Waals surface area contributed by atoms with Crippen LogP contribution in [-0.2, 0) is 11.3 Å². The Morgan fingerprint density at radius 3 is 2.65 bits per heavy atom. The molecule has 0 amide bonds. The Morgan fingerprint density at radius 2 is 1.89 bits per heavy atom. The van der Waals surface area contributed by atoms with E-state index in [-0.39, 0.29) is 17.7 Å². The Labute approximate surface area is 216 Å². The maximum atomic E-state index is 13.6. The van der Waals surface area contributed by atoms with Crippen molar-refractivity contribution >= 4 is 16.6 Å². The summed E-state index contributed by atoms with van der Waals surface area (Å²) in [5.41, 5.74) is 4.92. The second-order valence-corrected chi connectivity index (χ2v) is 10.2. The number of hydrogen-bond acceptors (Lipinski definition) is 7. The zero-order valence-corrected chi connectivity index (χ0v) is 21.4. The van der Waals surface area contributed by atoms with Gasteiger partial charge >= 0.3 is 0 Å². The monoisotopic (exact) mass is 499 g/mol. The molecule has 0 saturated carbocycles. The number of tetrazole rings is 1. The summed E-state index contributed by atoms with van der Waals surface area (Å²) < 4.78 is 7.72. The molecule has 2 aromatic heterocycles. The third-order valence-corrected chi connectivity index (χ3v) is 7.64. The molecule has 2 saturated heterocycles. The van der Waals surface area contributed by atoms with Crippen LogP contribution in [0.3, 0.4) is 0 Å². The average Bonchev–Trinajstić information content (AvgIpc) is 3.59. The Morgan fingerprint density at radius 1 is 1.08 bits per heavy atom. The lowest BCUT2D eigenvalue weighted by Crippen LogP contribution is -2.49. The van der Waals surface area contributed by atoms with E-state index in [1.807, 2.05) is 29.8 Å². The largest absolute Gasteiger partial charge is 0.376 e. The quantitative estimate of drug-likeness (QED) is 0.435. The Bertz CT molecular complexity index is 1430. The number of aromatic amines is 1. The van der Waals surface area contributed by atoms with Crippen molar-refractivity contribution in [1.82, 2.24) is 30.1 Å². The summed E-state index contributed by atoms with van der Waals surface area (Å²) in [4.78, 5) is 21.5. The second-order valence-electron chi connectivity index (χ2n) is 10.2. The molecule has 2 atom stereocenters. The van der Waals surface area contributed by atoms with E-state index >= 15 is 0 Å². The maximum absolute atomic E-state index is 13.6. The molecule has 0 radical (unpaired) electrons. The number of nitrogens with zero attached hydrogens (tertiary/aromatic N) is 6. The highest BCUT2D eigenvalue weighted by Gasteiger charge is 2.33. The van der Waals surface area contributed by atoms with Gasteiger partial charge in [-0.05, 0) is 72.5 Å². The highest BCUT2D eigenvalue weighted by Crippen LogP contribution is 2.30. The molecule has 9 nitrogen and oxygen atoms in total. The van der Waals surface area contributed by atoms with Crippen molar-refractivity contribution in [2.24, 2.45) is 0 Å². The van der Waals surface area contributed by atoms with E-state index in [1.54, 1.807) is 0 Å². The van der Waals surface area contributed by atoms with Gasteiger partial charge in [0, 0.05) is 54.9 Å². The van der Waals surface area contributed by atoms with Gasteiger partial charge in [0.25, 0.3) is 5.56 Å². The number of benzene rings is 2. The Balaban J connectivity index is 1.39. The van der Waals surface area contributed by atoms with Crippen LogP contribution in [0.4, 0.5) is 5.69 Å². The Kier molecular flexibility index (Phi) is 6.48. The highest BCUT2D eigenvalue weighted by atomic mass is 16.5. The van der Waals surface area contributed by atoms with Crippen molar-refractivity contribution in [2.45, 2.75) is 45.4 Å². The SMILES string of the molecule is Cc1cc(C)c2cc([C@@H](c3nnnn3C[C@H]3CCCO3)N3CCN(c4ccccc4)CC3)c(=O)[nH]c2c1. The number of hydrogen-bond donors (Lipinski definition) is 1. The minimum atomic E-state index is -0.358. The molecule has 0 spiro atoms. The first-order valence-electron chi connectivity index (χ1n) is 13.1. The summed E-state index contributed by atoms with van der Waals surface area (Å²) in [6.45, 7) is 8.80. The molecule has 9 heteroatoms. The molecule has 4 heterocycles. The van der Waals surface area contributed by atoms with E-state index < -0.39 is 0 Å². The molecule has 0 unspecified atom stereocenters. The fourth-order valence-electron chi connectivity index (χ4n) is 5.79. The smallest absolute Gasteiger partial charge is 0.253 e. The number of piperazine rings is 1. The zero-order chi connectivity index (χ0) is 25.4. The molecule has 1 N–H and O–H groups in total. The maximum Gasteiger partial charge on any atom is 0.253 e. The summed E-state index contributed by atoms with van der Waals surface area (Å²) in [6, 6.07) is 16.3. The summed E-state index contributed by atoms with van der Waals surface area (Å²) in [7, 11) is 0. The normalized spacial score (nSPS) is 19.5. The van der Waals surface area contributed by atoms with Gasteiger partial charge in [-0.15, -0.1) is 5.10 Å². The van der Waals surface area contributed by atoms with Gasteiger partial charge in [0.1, 0.15) is 6.04 Å². The molecular weight excluding hydrogens is 466 g/mol. The number of aromatic nitrogens is 5. The van der Waals surface area contributed by atoms with Crippen LogP contribution in [-0.4, -0.2) is 69.0 Å². The number of nitrogens with one attached hydrogen (secondary N) is 1. The average molecular weight is 500 g/mol. The molecule has 4 aromatic rings. The number of ether oxygens (including phenoxy) is 1. The lowest BCUT2D eigenvalue weighted by Gasteiger charge is -2.39. The van der Waals surface area contributed by atoms with Crippen molar-refractivity contribution < 1.29 is 4.74 Å². The predicted octanol–water partition coefficient (Wildman–Crippen LogP) is 3.22. The van der Waals surface area contributed by atoms with Gasteiger partial charge in [-0.1, -0.05) is 24.3 Å². The summed E-state index contributed by atoms with van der Waals surface area (Å²) in [5.74, 6) is 0.693. The number of fused-ring (bicyclic) bond motifs is 1. The first-order chi connectivity index (χ1) is 18.1. The van der Waals surface area contributed by atoms with Gasteiger partial charge in [0.2, 0.25) is 0 Å². The fraction of sp³-hybridized carbons (Fsp3) is 0.429. The lowest BCUT2D eigenvalue weighted by atomic mass is 9.99. The summed E-state index contributed by atoms with van der Waals surface area (Å²) in [5, 5.41) is 13.9. The van der Waals surface area contributed by atoms with E-state index in [2.05, 4.69) is 67.6 Å². The predicted molar refractivity (Wildman–Crippen MR) is 143 cm³/mol. The van der Waals surface area contributed by atoms with Crippen molar-refractivity contribution in [3.63, 3.8) is 0 Å². The molecular formula is C28H33N7O2. The van der Waals surface area contributed by atoms with E-state index in [1.165, 1.54) is 5.69 Å². The lowest BCUT2D eigenvalue weighted by molar-refractivity contribution is 0.0906. The molecule has 6 rings (SSSR count). The minimum absolute atomic E-state index is 0.0953. The van der Waals surface area contributed by atoms with Gasteiger partial charge < -0.3 is 14.6 Å². The third-order valence-electron chi connectivity index (χ3n) is 7.64. The molecule has 37 heavy (non-hydrogen) atoms. The van der Waals surface area contributed by atoms with Gasteiger partial charge in [0.15, 0.2) is 5.82 Å². The summed E-state index contributed by atoms with van der Waals surface area (Å²) in [6.07, 6.45) is 2.14. The van der Waals surface area contributed by atoms with E-state index in [0.29, 0.717) is 17.9 Å². The van der Waals surface area contributed by atoms with Crippen LogP contribution in [0.15, 0.2) is 53.3 Å². The number of anilines is 1. The molecule has 2 aliphatic rings. The first-order valence-corrected chi connectivity index (χ1v) is 13.1. The zero-order valence-electron chi connectivity index (χ0n) is 21.4. The summed E-state index contributed by atoms with van der Waals surface area (Å²) >= 11 is 0. The number of aryl methyl sites for hydroxylation is 2. The van der Waals surface area contributed by atoms with E-state index in [4.69, 9.17) is 4.74 Å². The van der Waals surface area contributed by atoms with Crippen LogP contribution in [0.5, 0.6) is 0 Å². The van der Waals surface area contributed by atoms with Crippen LogP contribution in [0, 0.1) is 13.8 Å². The molecule has 0 bridgehead atoms. The van der Waals surface area contributed by atoms with E-state index in [0.717, 1.165) is 67.7 Å². The highest BCUT2D eigenvalue weighted by molar-refractivity contribution is 5.83. The van der Waals surface area contributed by atoms with Crippen LogP contribution < -0.4 is 10.5 Å². The standard InChI is InChI=1S/C28H33N7O2/c1-19-15-20(2)23-17-24(28(36)29-25(23)16-19)26(27-30-31-32-35(27)18-22-9-6-14-37-22)34-12-10-33(11-13-34)21-7-4-3-5-8-21/h3-5,7-8,15-17,22,26H,6,9-14,18H2,1-2H3,(H,29,36)/t22-,26+/m1/s1. The van der Waals surface area contributed by atoms with Crippen LogP contribution >= 0.6 is 0 Å². The number of H-pyrrole nitrogens is 1. The van der Waals surface area contributed by atoms with Gasteiger partial charge in [-0.2, -0.15) is 0 Å². The number of pyridine rings is 1. The molecule has 0 aliphatic carbocycles. The van der Waals surface area contributed by atoms with Gasteiger partial charge in [-0.3, -0.25) is 9.69 Å². The van der Waals surface area contributed by atoms with E-state index in [9.17, 15) is 4.79 Å².